The maximum Gasteiger partial charge on any atom is 0.131 e. The van der Waals surface area contributed by atoms with Crippen molar-refractivity contribution < 1.29 is 4.74 Å². The van der Waals surface area contributed by atoms with Crippen LogP contribution in [0.25, 0.3) is 11.1 Å². The highest BCUT2D eigenvalue weighted by Crippen LogP contribution is 2.89. The Kier molecular flexibility index (Phi) is 6.56. The Morgan fingerprint density at radius 1 is 0.574 bits per heavy atom. The molecule has 5 aliphatic carbocycles. The van der Waals surface area contributed by atoms with E-state index in [0.717, 1.165) is 35.2 Å². The maximum absolute atomic E-state index is 6.81. The van der Waals surface area contributed by atoms with Gasteiger partial charge in [0, 0.05) is 33.6 Å². The van der Waals surface area contributed by atoms with Crippen molar-refractivity contribution in [2.45, 2.75) is 109 Å². The largest absolute Gasteiger partial charge is 0.457 e. The van der Waals surface area contributed by atoms with E-state index in [2.05, 4.69) is 163 Å². The smallest absolute Gasteiger partial charge is 0.131 e. The SMILES string of the molecule is CC(C)(C)c1ccc(N(c2ccc(-c3ccc4c(c3)C(C)(C)CCC4(C)C)cc2)c2ccc3c(c2)C2(c4ccccc4O3)C3CC4CC5CC2C53C4)cc1. The highest BCUT2D eigenvalue weighted by molar-refractivity contribution is 5.81. The summed E-state index contributed by atoms with van der Waals surface area (Å²) in [6.45, 7) is 16.6. The van der Waals surface area contributed by atoms with Crippen LogP contribution >= 0.6 is 0 Å². The Hall–Kier alpha value is -4.30. The van der Waals surface area contributed by atoms with E-state index in [9.17, 15) is 0 Å². The lowest BCUT2D eigenvalue weighted by atomic mass is 9.26. The van der Waals surface area contributed by atoms with Crippen LogP contribution in [0.15, 0.2) is 109 Å². The molecule has 2 nitrogen and oxygen atoms in total. The average molecular weight is 710 g/mol. The number of benzene rings is 5. The van der Waals surface area contributed by atoms with E-state index < -0.39 is 0 Å². The number of ether oxygens (including phenoxy) is 1. The van der Waals surface area contributed by atoms with Crippen LogP contribution in [0.1, 0.15) is 115 Å². The second kappa shape index (κ2) is 10.7. The third-order valence-corrected chi connectivity index (χ3v) is 16.0. The van der Waals surface area contributed by atoms with Gasteiger partial charge in [-0.3, -0.25) is 0 Å². The van der Waals surface area contributed by atoms with E-state index in [0.29, 0.717) is 5.41 Å². The normalized spacial score (nSPS) is 29.9. The monoisotopic (exact) mass is 709 g/mol. The third-order valence-electron chi connectivity index (χ3n) is 16.0. The molecule has 5 aromatic rings. The molecule has 2 heteroatoms. The maximum atomic E-state index is 6.81. The van der Waals surface area contributed by atoms with E-state index in [1.165, 1.54) is 94.5 Å². The quantitative estimate of drug-likeness (QED) is 0.184. The second-order valence-corrected chi connectivity index (χ2v) is 20.5. The molecular formula is C52H55NO. The molecule has 54 heavy (non-hydrogen) atoms. The van der Waals surface area contributed by atoms with E-state index in [-0.39, 0.29) is 21.7 Å². The van der Waals surface area contributed by atoms with Crippen molar-refractivity contribution in [3.05, 3.63) is 137 Å². The van der Waals surface area contributed by atoms with Crippen LogP contribution in [0.3, 0.4) is 0 Å². The van der Waals surface area contributed by atoms with Crippen molar-refractivity contribution >= 4 is 17.1 Å². The predicted molar refractivity (Wildman–Crippen MR) is 223 cm³/mol. The minimum absolute atomic E-state index is 0.0479. The summed E-state index contributed by atoms with van der Waals surface area (Å²) in [7, 11) is 0. The first-order valence-corrected chi connectivity index (χ1v) is 20.9. The molecule has 4 fully saturated rings. The zero-order chi connectivity index (χ0) is 37.0. The zero-order valence-corrected chi connectivity index (χ0v) is 33.3. The average Bonchev–Trinajstić information content (AvgIpc) is 3.69. The topological polar surface area (TPSA) is 12.5 Å². The van der Waals surface area contributed by atoms with Gasteiger partial charge in [-0.25, -0.2) is 0 Å². The first-order valence-electron chi connectivity index (χ1n) is 20.9. The molecule has 5 aromatic carbocycles. The first-order chi connectivity index (χ1) is 25.8. The number of hydrogen-bond acceptors (Lipinski definition) is 2. The summed E-state index contributed by atoms with van der Waals surface area (Å²) in [5.41, 5.74) is 14.5. The van der Waals surface area contributed by atoms with Gasteiger partial charge in [-0.2, -0.15) is 0 Å². The van der Waals surface area contributed by atoms with E-state index in [1.54, 1.807) is 0 Å². The van der Waals surface area contributed by atoms with Crippen molar-refractivity contribution in [1.82, 2.24) is 0 Å². The molecule has 0 radical (unpaired) electrons. The lowest BCUT2D eigenvalue weighted by molar-refractivity contribution is -0.235. The number of fused-ring (bicyclic) bond motifs is 8. The minimum Gasteiger partial charge on any atom is -0.457 e. The van der Waals surface area contributed by atoms with Crippen LogP contribution < -0.4 is 9.64 Å². The summed E-state index contributed by atoms with van der Waals surface area (Å²) < 4.78 is 6.81. The zero-order valence-electron chi connectivity index (χ0n) is 33.3. The van der Waals surface area contributed by atoms with Gasteiger partial charge in [-0.15, -0.1) is 0 Å². The Balaban J connectivity index is 1.03. The minimum atomic E-state index is 0.0479. The van der Waals surface area contributed by atoms with Gasteiger partial charge in [-0.05, 0) is 160 Å². The van der Waals surface area contributed by atoms with Crippen molar-refractivity contribution in [2.24, 2.45) is 29.1 Å². The fourth-order valence-electron chi connectivity index (χ4n) is 13.3. The van der Waals surface area contributed by atoms with Crippen LogP contribution in [-0.2, 0) is 21.7 Å². The highest BCUT2D eigenvalue weighted by Gasteiger charge is 2.84. The number of para-hydroxylation sites is 1. The molecular weight excluding hydrogens is 655 g/mol. The van der Waals surface area contributed by atoms with E-state index >= 15 is 0 Å². The molecule has 2 bridgehead atoms. The van der Waals surface area contributed by atoms with Gasteiger partial charge in [0.05, 0.1) is 0 Å². The number of nitrogens with zero attached hydrogens (tertiary/aromatic N) is 1. The molecule has 1 heterocycles. The van der Waals surface area contributed by atoms with Gasteiger partial charge < -0.3 is 9.64 Å². The molecule has 0 saturated heterocycles. The molecule has 0 N–H and O–H groups in total. The van der Waals surface area contributed by atoms with Crippen molar-refractivity contribution in [1.29, 1.82) is 0 Å². The lowest BCUT2D eigenvalue weighted by Gasteiger charge is -2.77. The third kappa shape index (κ3) is 4.24. The van der Waals surface area contributed by atoms with Gasteiger partial charge >= 0.3 is 0 Å². The molecule has 6 aliphatic rings. The fraction of sp³-hybridized carbons (Fsp3) is 0.423. The Morgan fingerprint density at radius 3 is 1.93 bits per heavy atom. The molecule has 11 rings (SSSR count). The van der Waals surface area contributed by atoms with Crippen molar-refractivity contribution in [3.8, 4) is 22.6 Å². The van der Waals surface area contributed by atoms with Crippen molar-refractivity contribution in [2.75, 3.05) is 4.90 Å². The Morgan fingerprint density at radius 2 is 1.20 bits per heavy atom. The summed E-state index contributed by atoms with van der Waals surface area (Å²) in [5.74, 6) is 5.45. The summed E-state index contributed by atoms with van der Waals surface area (Å²) in [6.07, 6.45) is 8.15. The van der Waals surface area contributed by atoms with Gasteiger partial charge in [0.1, 0.15) is 11.5 Å². The number of anilines is 3. The van der Waals surface area contributed by atoms with Gasteiger partial charge in [0.2, 0.25) is 0 Å². The standard InChI is InChI=1S/C52H55NO/c1-48(2,3)35-15-19-38(20-16-35)53(37-17-12-33(13-18-37)34-14-22-40-42(28-34)50(6,7)25-24-49(40,4)5)39-21-23-45-43(30-39)52(41-10-8-9-11-44(41)54-45)46-27-32-26-36-29-47(52)51(36,46)31-32/h8-23,28,30,32,36,46-47H,24-27,29,31H2,1-7H3. The Labute approximate surface area is 323 Å². The molecule has 4 saturated carbocycles. The summed E-state index contributed by atoms with van der Waals surface area (Å²) in [6, 6.07) is 42.1. The van der Waals surface area contributed by atoms with E-state index in [1.807, 2.05) is 0 Å². The molecule has 0 aromatic heterocycles. The second-order valence-electron chi connectivity index (χ2n) is 20.5. The Bertz CT molecular complexity index is 2340. The van der Waals surface area contributed by atoms with Crippen LogP contribution in [0.5, 0.6) is 11.5 Å². The molecule has 0 amide bonds. The fourth-order valence-corrected chi connectivity index (χ4v) is 13.3. The predicted octanol–water partition coefficient (Wildman–Crippen LogP) is 13.9. The van der Waals surface area contributed by atoms with Crippen molar-refractivity contribution in [3.63, 3.8) is 0 Å². The highest BCUT2D eigenvalue weighted by atomic mass is 16.5. The lowest BCUT2D eigenvalue weighted by Crippen LogP contribution is -2.74. The molecule has 1 aliphatic heterocycles. The number of hydrogen-bond donors (Lipinski definition) is 0. The van der Waals surface area contributed by atoms with Crippen LogP contribution in [0, 0.1) is 29.1 Å². The molecule has 2 spiro atoms. The van der Waals surface area contributed by atoms with Gasteiger partial charge in [-0.1, -0.05) is 109 Å². The molecule has 6 atom stereocenters. The summed E-state index contributed by atoms with van der Waals surface area (Å²) in [5, 5.41) is 0. The van der Waals surface area contributed by atoms with Gasteiger partial charge in [0.15, 0.2) is 0 Å². The van der Waals surface area contributed by atoms with Crippen LogP contribution in [0.4, 0.5) is 17.1 Å². The summed E-state index contributed by atoms with van der Waals surface area (Å²) >= 11 is 0. The molecule has 274 valence electrons. The van der Waals surface area contributed by atoms with Crippen LogP contribution in [0.2, 0.25) is 0 Å². The van der Waals surface area contributed by atoms with Gasteiger partial charge in [0.25, 0.3) is 0 Å². The van der Waals surface area contributed by atoms with Crippen LogP contribution in [-0.4, -0.2) is 0 Å². The first kappa shape index (κ1) is 33.1. The number of rotatable bonds is 4. The van der Waals surface area contributed by atoms with E-state index in [4.69, 9.17) is 4.74 Å². The molecule has 6 unspecified atom stereocenters. The summed E-state index contributed by atoms with van der Waals surface area (Å²) in [4.78, 5) is 2.49.